The second-order valence-electron chi connectivity index (χ2n) is 7.23. The maximum Gasteiger partial charge on any atom is 0.255 e. The molecule has 0 bridgehead atoms. The third-order valence-electron chi connectivity index (χ3n) is 4.73. The molecule has 0 unspecified atom stereocenters. The summed E-state index contributed by atoms with van der Waals surface area (Å²) in [5.74, 6) is 1.28. The maximum atomic E-state index is 12.8. The Bertz CT molecular complexity index is 1040. The number of carbonyl (C=O) groups excluding carboxylic acids is 1. The van der Waals surface area contributed by atoms with Crippen molar-refractivity contribution < 1.29 is 14.3 Å². The highest BCUT2D eigenvalue weighted by Gasteiger charge is 2.13. The molecule has 5 heteroatoms. The first-order valence-electron chi connectivity index (χ1n) is 9.90. The van der Waals surface area contributed by atoms with E-state index in [0.717, 1.165) is 28.0 Å². The minimum absolute atomic E-state index is 0.212. The average molecular weight is 424 g/mol. The first-order valence-corrected chi connectivity index (χ1v) is 10.3. The molecule has 156 valence electrons. The Morgan fingerprint density at radius 3 is 2.40 bits per heavy atom. The molecule has 0 aromatic heterocycles. The van der Waals surface area contributed by atoms with E-state index in [1.807, 2.05) is 64.1 Å². The van der Waals surface area contributed by atoms with Crippen molar-refractivity contribution >= 4 is 23.2 Å². The van der Waals surface area contributed by atoms with Gasteiger partial charge in [-0.05, 0) is 86.8 Å². The summed E-state index contributed by atoms with van der Waals surface area (Å²) in [5, 5.41) is 3.54. The third kappa shape index (κ3) is 5.33. The number of ether oxygens (including phenoxy) is 2. The lowest BCUT2D eigenvalue weighted by Gasteiger charge is -2.15. The van der Waals surface area contributed by atoms with Gasteiger partial charge in [0.2, 0.25) is 0 Å². The molecule has 0 atom stereocenters. The van der Waals surface area contributed by atoms with Crippen LogP contribution in [-0.2, 0) is 6.61 Å². The minimum Gasteiger partial charge on any atom is -0.493 e. The van der Waals surface area contributed by atoms with Crippen molar-refractivity contribution in [1.29, 1.82) is 0 Å². The highest BCUT2D eigenvalue weighted by molar-refractivity contribution is 6.31. The van der Waals surface area contributed by atoms with Crippen molar-refractivity contribution in [3.8, 4) is 11.5 Å². The van der Waals surface area contributed by atoms with Gasteiger partial charge in [0.1, 0.15) is 18.1 Å². The molecule has 0 spiro atoms. The first kappa shape index (κ1) is 21.7. The maximum absolute atomic E-state index is 12.8. The smallest absolute Gasteiger partial charge is 0.255 e. The zero-order chi connectivity index (χ0) is 21.7. The topological polar surface area (TPSA) is 47.6 Å². The molecule has 3 aromatic rings. The molecule has 4 nitrogen and oxygen atoms in total. The van der Waals surface area contributed by atoms with E-state index in [1.165, 1.54) is 0 Å². The van der Waals surface area contributed by atoms with Crippen molar-refractivity contribution in [3.05, 3.63) is 87.4 Å². The van der Waals surface area contributed by atoms with Crippen LogP contribution in [0.2, 0.25) is 5.02 Å². The van der Waals surface area contributed by atoms with Crippen LogP contribution >= 0.6 is 11.6 Å². The van der Waals surface area contributed by atoms with Gasteiger partial charge in [0.05, 0.1) is 6.61 Å². The Kier molecular flexibility index (Phi) is 7.01. The van der Waals surface area contributed by atoms with Gasteiger partial charge in [0, 0.05) is 21.8 Å². The second-order valence-corrected chi connectivity index (χ2v) is 7.64. The Balaban J connectivity index is 1.82. The SMILES string of the molecule is CCOc1ccc(C(=O)Nc2cccc(Cl)c2C)cc1COc1cc(C)cc(C)c1. The van der Waals surface area contributed by atoms with E-state index in [-0.39, 0.29) is 5.91 Å². The summed E-state index contributed by atoms with van der Waals surface area (Å²) in [7, 11) is 0. The summed E-state index contributed by atoms with van der Waals surface area (Å²) in [6.07, 6.45) is 0. The van der Waals surface area contributed by atoms with Crippen LogP contribution in [0.15, 0.2) is 54.6 Å². The van der Waals surface area contributed by atoms with Gasteiger partial charge in [-0.3, -0.25) is 4.79 Å². The number of aryl methyl sites for hydroxylation is 2. The summed E-state index contributed by atoms with van der Waals surface area (Å²) in [4.78, 5) is 12.8. The standard InChI is InChI=1S/C25H26ClNO3/c1-5-29-24-10-9-19(25(28)27-23-8-6-7-22(26)18(23)4)14-20(24)15-30-21-12-16(2)11-17(3)13-21/h6-14H,5,15H2,1-4H3,(H,27,28). The van der Waals surface area contributed by atoms with E-state index in [0.29, 0.717) is 35.2 Å². The largest absolute Gasteiger partial charge is 0.493 e. The lowest BCUT2D eigenvalue weighted by atomic mass is 10.1. The first-order chi connectivity index (χ1) is 14.4. The van der Waals surface area contributed by atoms with E-state index in [9.17, 15) is 4.79 Å². The van der Waals surface area contributed by atoms with Crippen molar-refractivity contribution in [3.63, 3.8) is 0 Å². The molecule has 0 aliphatic carbocycles. The summed E-state index contributed by atoms with van der Waals surface area (Å²) in [5.41, 5.74) is 5.13. The average Bonchev–Trinajstić information content (AvgIpc) is 2.70. The van der Waals surface area contributed by atoms with Crippen LogP contribution < -0.4 is 14.8 Å². The van der Waals surface area contributed by atoms with E-state index in [1.54, 1.807) is 12.1 Å². The molecular weight excluding hydrogens is 398 g/mol. The Morgan fingerprint density at radius 1 is 0.967 bits per heavy atom. The van der Waals surface area contributed by atoms with Crippen LogP contribution in [0.5, 0.6) is 11.5 Å². The molecule has 3 aromatic carbocycles. The number of carbonyl (C=O) groups is 1. The van der Waals surface area contributed by atoms with Gasteiger partial charge in [-0.25, -0.2) is 0 Å². The highest BCUT2D eigenvalue weighted by Crippen LogP contribution is 2.26. The highest BCUT2D eigenvalue weighted by atomic mass is 35.5. The number of rotatable bonds is 7. The van der Waals surface area contributed by atoms with Crippen LogP contribution in [0.3, 0.4) is 0 Å². The number of nitrogens with one attached hydrogen (secondary N) is 1. The van der Waals surface area contributed by atoms with Gasteiger partial charge in [-0.1, -0.05) is 23.7 Å². The lowest BCUT2D eigenvalue weighted by Crippen LogP contribution is -2.14. The van der Waals surface area contributed by atoms with E-state index < -0.39 is 0 Å². The molecule has 0 radical (unpaired) electrons. The van der Waals surface area contributed by atoms with E-state index in [4.69, 9.17) is 21.1 Å². The van der Waals surface area contributed by atoms with Crippen molar-refractivity contribution in [2.45, 2.75) is 34.3 Å². The zero-order valence-electron chi connectivity index (χ0n) is 17.7. The fraction of sp³-hybridized carbons (Fsp3) is 0.240. The van der Waals surface area contributed by atoms with Gasteiger partial charge in [-0.15, -0.1) is 0 Å². The molecule has 1 amide bonds. The number of amides is 1. The van der Waals surface area contributed by atoms with Crippen LogP contribution in [-0.4, -0.2) is 12.5 Å². The quantitative estimate of drug-likeness (QED) is 0.472. The van der Waals surface area contributed by atoms with E-state index >= 15 is 0 Å². The zero-order valence-corrected chi connectivity index (χ0v) is 18.5. The molecule has 3 rings (SSSR count). The van der Waals surface area contributed by atoms with Gasteiger partial charge >= 0.3 is 0 Å². The van der Waals surface area contributed by atoms with Gasteiger partial charge < -0.3 is 14.8 Å². The molecular formula is C25H26ClNO3. The number of hydrogen-bond acceptors (Lipinski definition) is 3. The van der Waals surface area contributed by atoms with Crippen LogP contribution in [0.1, 0.15) is 39.5 Å². The molecule has 0 saturated carbocycles. The van der Waals surface area contributed by atoms with Gasteiger partial charge in [0.15, 0.2) is 0 Å². The number of benzene rings is 3. The lowest BCUT2D eigenvalue weighted by molar-refractivity contribution is 0.102. The normalized spacial score (nSPS) is 10.6. The predicted molar refractivity (Wildman–Crippen MR) is 122 cm³/mol. The molecule has 0 saturated heterocycles. The number of hydrogen-bond donors (Lipinski definition) is 1. The Labute approximate surface area is 182 Å². The Morgan fingerprint density at radius 2 is 1.70 bits per heavy atom. The van der Waals surface area contributed by atoms with Crippen LogP contribution in [0, 0.1) is 20.8 Å². The minimum atomic E-state index is -0.212. The van der Waals surface area contributed by atoms with Crippen molar-refractivity contribution in [2.24, 2.45) is 0 Å². The molecule has 1 N–H and O–H groups in total. The predicted octanol–water partition coefficient (Wildman–Crippen LogP) is 6.50. The fourth-order valence-electron chi connectivity index (χ4n) is 3.24. The van der Waals surface area contributed by atoms with Gasteiger partial charge in [0.25, 0.3) is 5.91 Å². The fourth-order valence-corrected chi connectivity index (χ4v) is 3.42. The molecule has 0 aliphatic rings. The number of halogens is 1. The molecule has 0 fully saturated rings. The number of anilines is 1. The molecule has 30 heavy (non-hydrogen) atoms. The van der Waals surface area contributed by atoms with Gasteiger partial charge in [-0.2, -0.15) is 0 Å². The van der Waals surface area contributed by atoms with Crippen LogP contribution in [0.25, 0.3) is 0 Å². The van der Waals surface area contributed by atoms with Crippen LogP contribution in [0.4, 0.5) is 5.69 Å². The monoisotopic (exact) mass is 423 g/mol. The van der Waals surface area contributed by atoms with Crippen molar-refractivity contribution in [1.82, 2.24) is 0 Å². The summed E-state index contributed by atoms with van der Waals surface area (Å²) >= 11 is 6.16. The summed E-state index contributed by atoms with van der Waals surface area (Å²) < 4.78 is 11.7. The third-order valence-corrected chi connectivity index (χ3v) is 5.14. The van der Waals surface area contributed by atoms with E-state index in [2.05, 4.69) is 11.4 Å². The summed E-state index contributed by atoms with van der Waals surface area (Å²) in [6, 6.07) is 16.9. The summed E-state index contributed by atoms with van der Waals surface area (Å²) in [6.45, 7) is 8.71. The van der Waals surface area contributed by atoms with Crippen molar-refractivity contribution in [2.75, 3.05) is 11.9 Å². The molecule has 0 heterocycles. The Hall–Kier alpha value is -2.98. The molecule has 0 aliphatic heterocycles. The second kappa shape index (κ2) is 9.68.